The minimum absolute atomic E-state index is 0. The summed E-state index contributed by atoms with van der Waals surface area (Å²) in [4.78, 5) is 40.0. The molecule has 0 aromatic carbocycles. The van der Waals surface area contributed by atoms with E-state index in [4.69, 9.17) is 10.2 Å². The summed E-state index contributed by atoms with van der Waals surface area (Å²) in [5.41, 5.74) is 2.94. The molecule has 1 fully saturated rings. The zero-order valence-corrected chi connectivity index (χ0v) is 17.5. The summed E-state index contributed by atoms with van der Waals surface area (Å²) in [6.07, 6.45) is 5.38. The van der Waals surface area contributed by atoms with Crippen LogP contribution in [0.2, 0.25) is 0 Å². The van der Waals surface area contributed by atoms with Crippen LogP contribution in [-0.2, 0) is 9.59 Å². The number of hydrogen-bond donors (Lipinski definition) is 2. The number of H-pyrrole nitrogens is 1. The third kappa shape index (κ3) is 4.44. The zero-order chi connectivity index (χ0) is 22.5. The molecule has 0 bridgehead atoms. The number of anilines is 2. The number of amides is 2. The van der Waals surface area contributed by atoms with Crippen LogP contribution in [0.3, 0.4) is 0 Å². The number of fused-ring (bicyclic) bond motifs is 1. The van der Waals surface area contributed by atoms with Crippen molar-refractivity contribution in [3.05, 3.63) is 49.3 Å². The highest BCUT2D eigenvalue weighted by Gasteiger charge is 2.20. The Morgan fingerprint density at radius 1 is 1.31 bits per heavy atom. The summed E-state index contributed by atoms with van der Waals surface area (Å²) in [5.74, 6) is 0.407. The number of aromatic amines is 1. The van der Waals surface area contributed by atoms with Gasteiger partial charge in [-0.25, -0.2) is 9.97 Å². The Morgan fingerprint density at radius 2 is 2.19 bits per heavy atom. The van der Waals surface area contributed by atoms with Crippen LogP contribution < -0.4 is 10.2 Å². The second-order valence-corrected chi connectivity index (χ2v) is 7.45. The van der Waals surface area contributed by atoms with Crippen molar-refractivity contribution in [3.8, 4) is 17.3 Å². The average molecular weight is 432 g/mol. The molecule has 1 aliphatic heterocycles. The van der Waals surface area contributed by atoms with Crippen molar-refractivity contribution in [2.45, 2.75) is 12.8 Å². The standard InChI is InChI=1S/C23H23N7O2.H2/c1-2-21(31)27-16-13-17-18(15-26-23(17)25-14-16)19-5-3-6-20(28-19)29-9-4-10-30(12-11-29)22(32)7-8-24;/h2-3,5-6,13-15H,1,4,7,9-12H2,(H,25,26)(H,27,31);1H. The summed E-state index contributed by atoms with van der Waals surface area (Å²) < 4.78 is 0. The van der Waals surface area contributed by atoms with Crippen LogP contribution in [0.4, 0.5) is 11.5 Å². The Hall–Kier alpha value is -4.19. The molecule has 0 aliphatic carbocycles. The monoisotopic (exact) mass is 431 g/mol. The van der Waals surface area contributed by atoms with E-state index >= 15 is 0 Å². The van der Waals surface area contributed by atoms with Crippen molar-refractivity contribution in [1.29, 1.82) is 5.26 Å². The minimum atomic E-state index is -0.299. The molecule has 32 heavy (non-hydrogen) atoms. The fraction of sp³-hybridized carbons (Fsp3) is 0.261. The van der Waals surface area contributed by atoms with E-state index in [0.717, 1.165) is 35.4 Å². The van der Waals surface area contributed by atoms with Crippen LogP contribution in [0.15, 0.2) is 49.3 Å². The van der Waals surface area contributed by atoms with Gasteiger partial charge in [-0.3, -0.25) is 9.59 Å². The summed E-state index contributed by atoms with van der Waals surface area (Å²) in [6.45, 7) is 6.11. The van der Waals surface area contributed by atoms with Crippen molar-refractivity contribution in [2.24, 2.45) is 0 Å². The summed E-state index contributed by atoms with van der Waals surface area (Å²) in [6, 6.07) is 9.63. The normalized spacial score (nSPS) is 14.0. The molecule has 1 aliphatic rings. The van der Waals surface area contributed by atoms with Crippen molar-refractivity contribution >= 4 is 34.4 Å². The molecule has 0 saturated carbocycles. The number of hydrogen-bond acceptors (Lipinski definition) is 6. The van der Waals surface area contributed by atoms with Crippen molar-refractivity contribution in [1.82, 2.24) is 19.9 Å². The summed E-state index contributed by atoms with van der Waals surface area (Å²) in [7, 11) is 0. The van der Waals surface area contributed by atoms with Crippen LogP contribution in [0.5, 0.6) is 0 Å². The molecule has 0 radical (unpaired) electrons. The van der Waals surface area contributed by atoms with E-state index in [9.17, 15) is 9.59 Å². The first-order valence-electron chi connectivity index (χ1n) is 10.4. The largest absolute Gasteiger partial charge is 0.355 e. The fourth-order valence-electron chi connectivity index (χ4n) is 3.80. The number of nitrogens with one attached hydrogen (secondary N) is 2. The molecule has 9 nitrogen and oxygen atoms in total. The molecule has 0 atom stereocenters. The van der Waals surface area contributed by atoms with Crippen LogP contribution in [-0.4, -0.2) is 57.8 Å². The molecule has 2 N–H and O–H groups in total. The van der Waals surface area contributed by atoms with E-state index in [1.807, 2.05) is 36.5 Å². The van der Waals surface area contributed by atoms with Crippen molar-refractivity contribution < 1.29 is 11.0 Å². The molecule has 4 heterocycles. The zero-order valence-electron chi connectivity index (χ0n) is 17.5. The number of carbonyl (C=O) groups excluding carboxylic acids is 2. The lowest BCUT2D eigenvalue weighted by molar-refractivity contribution is -0.129. The predicted octanol–water partition coefficient (Wildman–Crippen LogP) is 2.95. The first kappa shape index (κ1) is 21.1. The van der Waals surface area contributed by atoms with Gasteiger partial charge in [-0.15, -0.1) is 0 Å². The predicted molar refractivity (Wildman–Crippen MR) is 124 cm³/mol. The molecule has 4 rings (SSSR count). The topological polar surface area (TPSA) is 118 Å². The lowest BCUT2D eigenvalue weighted by Gasteiger charge is -2.23. The van der Waals surface area contributed by atoms with Gasteiger partial charge in [0, 0.05) is 44.8 Å². The van der Waals surface area contributed by atoms with Gasteiger partial charge in [0.25, 0.3) is 0 Å². The van der Waals surface area contributed by atoms with Crippen LogP contribution in [0.1, 0.15) is 14.3 Å². The Labute approximate surface area is 186 Å². The molecule has 2 amide bonds. The lowest BCUT2D eigenvalue weighted by Crippen LogP contribution is -2.35. The van der Waals surface area contributed by atoms with E-state index < -0.39 is 0 Å². The molecule has 3 aromatic rings. The maximum absolute atomic E-state index is 12.1. The van der Waals surface area contributed by atoms with Crippen molar-refractivity contribution in [3.63, 3.8) is 0 Å². The van der Waals surface area contributed by atoms with E-state index in [1.54, 1.807) is 11.1 Å². The molecule has 9 heteroatoms. The highest BCUT2D eigenvalue weighted by Crippen LogP contribution is 2.29. The number of nitrogens with zero attached hydrogens (tertiary/aromatic N) is 5. The number of carbonyl (C=O) groups is 2. The Balaban J connectivity index is 0.00000306. The molecule has 0 spiro atoms. The molecule has 1 saturated heterocycles. The fourth-order valence-corrected chi connectivity index (χ4v) is 3.80. The maximum Gasteiger partial charge on any atom is 0.247 e. The first-order chi connectivity index (χ1) is 15.6. The van der Waals surface area contributed by atoms with Gasteiger partial charge >= 0.3 is 0 Å². The van der Waals surface area contributed by atoms with Gasteiger partial charge in [-0.1, -0.05) is 12.6 Å². The first-order valence-corrected chi connectivity index (χ1v) is 10.4. The number of aromatic nitrogens is 3. The van der Waals surface area contributed by atoms with Gasteiger partial charge in [-0.2, -0.15) is 5.26 Å². The number of rotatable bonds is 5. The van der Waals surface area contributed by atoms with Crippen LogP contribution in [0.25, 0.3) is 22.3 Å². The summed E-state index contributed by atoms with van der Waals surface area (Å²) in [5, 5.41) is 12.4. The van der Waals surface area contributed by atoms with Gasteiger partial charge in [-0.05, 0) is 30.7 Å². The molecule has 164 valence electrons. The molecule has 0 unspecified atom stereocenters. The quantitative estimate of drug-likeness (QED) is 0.600. The maximum atomic E-state index is 12.1. The van der Waals surface area contributed by atoms with Crippen LogP contribution in [0, 0.1) is 11.3 Å². The van der Waals surface area contributed by atoms with Gasteiger partial charge in [0.15, 0.2) is 0 Å². The number of nitriles is 1. The molecular formula is C23H25N7O2. The van der Waals surface area contributed by atoms with Gasteiger partial charge < -0.3 is 20.1 Å². The average Bonchev–Trinajstić information content (AvgIpc) is 3.06. The lowest BCUT2D eigenvalue weighted by atomic mass is 10.1. The van der Waals surface area contributed by atoms with Gasteiger partial charge in [0.05, 0.1) is 23.6 Å². The van der Waals surface area contributed by atoms with E-state index in [1.165, 1.54) is 6.08 Å². The highest BCUT2D eigenvalue weighted by molar-refractivity contribution is 6.01. The Kier molecular flexibility index (Phi) is 6.12. The smallest absolute Gasteiger partial charge is 0.247 e. The highest BCUT2D eigenvalue weighted by atomic mass is 16.2. The van der Waals surface area contributed by atoms with E-state index in [0.29, 0.717) is 31.0 Å². The van der Waals surface area contributed by atoms with E-state index in [2.05, 4.69) is 26.8 Å². The van der Waals surface area contributed by atoms with Crippen LogP contribution >= 0.6 is 0 Å². The third-order valence-electron chi connectivity index (χ3n) is 5.40. The second kappa shape index (κ2) is 9.31. The molecular weight excluding hydrogens is 406 g/mol. The Bertz CT molecular complexity index is 1220. The van der Waals surface area contributed by atoms with Gasteiger partial charge in [0.1, 0.15) is 17.9 Å². The second-order valence-electron chi connectivity index (χ2n) is 7.45. The van der Waals surface area contributed by atoms with E-state index in [-0.39, 0.29) is 19.7 Å². The Morgan fingerprint density at radius 3 is 3.00 bits per heavy atom. The number of pyridine rings is 2. The third-order valence-corrected chi connectivity index (χ3v) is 5.40. The van der Waals surface area contributed by atoms with Crippen molar-refractivity contribution in [2.75, 3.05) is 36.4 Å². The molecule has 3 aromatic heterocycles. The SMILES string of the molecule is C=CC(=O)Nc1cnc2[nH]cc(-c3cccc(N4CCCN(C(=O)CC#N)CC4)n3)c2c1.[HH]. The summed E-state index contributed by atoms with van der Waals surface area (Å²) >= 11 is 0. The minimum Gasteiger partial charge on any atom is -0.355 e. The van der Waals surface area contributed by atoms with Gasteiger partial charge in [0.2, 0.25) is 11.8 Å².